The summed E-state index contributed by atoms with van der Waals surface area (Å²) in [6.07, 6.45) is 7.25. The summed E-state index contributed by atoms with van der Waals surface area (Å²) >= 11 is 0. The lowest BCUT2D eigenvalue weighted by atomic mass is 9.98. The van der Waals surface area contributed by atoms with Crippen molar-refractivity contribution < 1.29 is 5.21 Å². The molecule has 3 aromatic rings. The first-order chi connectivity index (χ1) is 12.3. The molecule has 126 valence electrons. The molecule has 1 aromatic carbocycles. The fourth-order valence-electron chi connectivity index (χ4n) is 3.34. The molecule has 1 aliphatic carbocycles. The van der Waals surface area contributed by atoms with Gasteiger partial charge in [0.05, 0.1) is 12.3 Å². The van der Waals surface area contributed by atoms with Gasteiger partial charge in [0, 0.05) is 41.8 Å². The summed E-state index contributed by atoms with van der Waals surface area (Å²) in [5.74, 6) is 0. The molecule has 3 N–H and O–H groups in total. The summed E-state index contributed by atoms with van der Waals surface area (Å²) in [6.45, 7) is 1.21. The van der Waals surface area contributed by atoms with Crippen LogP contribution in [0.4, 0.5) is 0 Å². The molecule has 0 amide bonds. The molecular weight excluding hydrogens is 314 g/mol. The Hall–Kier alpha value is -2.99. The van der Waals surface area contributed by atoms with Gasteiger partial charge in [0.15, 0.2) is 0 Å². The van der Waals surface area contributed by atoms with E-state index in [1.54, 1.807) is 12.4 Å². The molecule has 0 spiro atoms. The number of aromatic nitrogens is 3. The number of nitrogens with zero attached hydrogens (tertiary/aromatic N) is 4. The number of hydrogen-bond donors (Lipinski definition) is 2. The normalized spacial score (nSPS) is 14.8. The third kappa shape index (κ3) is 2.81. The van der Waals surface area contributed by atoms with Crippen molar-refractivity contribution in [3.8, 4) is 22.4 Å². The molecule has 6 nitrogen and oxygen atoms in total. The molecule has 4 rings (SSSR count). The van der Waals surface area contributed by atoms with E-state index in [0.717, 1.165) is 46.5 Å². The fourth-order valence-corrected chi connectivity index (χ4v) is 3.34. The topological polar surface area (TPSA) is 89.3 Å². The third-order valence-corrected chi connectivity index (χ3v) is 4.55. The molecule has 0 bridgehead atoms. The number of hydrogen-bond acceptors (Lipinski definition) is 5. The highest BCUT2D eigenvalue weighted by Crippen LogP contribution is 2.34. The zero-order chi connectivity index (χ0) is 17.2. The van der Waals surface area contributed by atoms with Crippen molar-refractivity contribution in [3.63, 3.8) is 0 Å². The van der Waals surface area contributed by atoms with E-state index >= 15 is 0 Å². The number of benzene rings is 1. The second-order valence-corrected chi connectivity index (χ2v) is 6.10. The summed E-state index contributed by atoms with van der Waals surface area (Å²) in [7, 11) is 0. The highest BCUT2D eigenvalue weighted by atomic mass is 16.4. The molecule has 0 saturated carbocycles. The number of pyridine rings is 1. The largest absolute Gasteiger partial charge is 0.411 e. The lowest BCUT2D eigenvalue weighted by molar-refractivity contribution is 0.318. The van der Waals surface area contributed by atoms with E-state index in [1.165, 1.54) is 5.56 Å². The van der Waals surface area contributed by atoms with Crippen LogP contribution in [0.3, 0.4) is 0 Å². The molecule has 6 heteroatoms. The molecule has 0 fully saturated rings. The van der Waals surface area contributed by atoms with Crippen molar-refractivity contribution in [2.75, 3.05) is 6.54 Å². The Morgan fingerprint density at radius 3 is 2.68 bits per heavy atom. The number of nitrogens with two attached hydrogens (primary N) is 1. The number of oxime groups is 1. The van der Waals surface area contributed by atoms with Gasteiger partial charge in [-0.05, 0) is 36.1 Å². The first kappa shape index (κ1) is 15.5. The Kier molecular flexibility index (Phi) is 4.03. The maximum atomic E-state index is 9.11. The molecule has 0 aliphatic heterocycles. The molecular formula is C19H19N5O. The minimum absolute atomic E-state index is 0.539. The Morgan fingerprint density at radius 2 is 1.92 bits per heavy atom. The Morgan fingerprint density at radius 1 is 1.08 bits per heavy atom. The van der Waals surface area contributed by atoms with E-state index in [2.05, 4.69) is 22.3 Å². The van der Waals surface area contributed by atoms with Gasteiger partial charge >= 0.3 is 0 Å². The van der Waals surface area contributed by atoms with E-state index in [1.807, 2.05) is 29.1 Å². The minimum Gasteiger partial charge on any atom is -0.411 e. The first-order valence-electron chi connectivity index (χ1n) is 8.32. The number of fused-ring (bicyclic) bond motifs is 1. The molecule has 0 radical (unpaired) electrons. The van der Waals surface area contributed by atoms with Gasteiger partial charge in [-0.1, -0.05) is 23.4 Å². The standard InChI is InChI=1S/C19H19N5O/c20-7-10-24-12-17(19(22-24)13-5-8-21-9-6-13)15-1-3-16-14(11-15)2-4-18(16)23-25/h1,3,5-6,8-9,11-12,25H,2,4,7,10,20H2/b23-18+. The average molecular weight is 333 g/mol. The van der Waals surface area contributed by atoms with E-state index < -0.39 is 0 Å². The SMILES string of the molecule is NCCn1cc(-c2ccc3c(c2)CC/C3=N\O)c(-c2ccncc2)n1. The van der Waals surface area contributed by atoms with Crippen LogP contribution in [0.25, 0.3) is 22.4 Å². The Labute approximate surface area is 145 Å². The molecule has 2 aromatic heterocycles. The van der Waals surface area contributed by atoms with Crippen LogP contribution in [0, 0.1) is 0 Å². The number of rotatable bonds is 4. The predicted octanol–water partition coefficient (Wildman–Crippen LogP) is 2.70. The van der Waals surface area contributed by atoms with Crippen LogP contribution in [0.5, 0.6) is 0 Å². The van der Waals surface area contributed by atoms with Gasteiger partial charge in [-0.2, -0.15) is 5.10 Å². The fraction of sp³-hybridized carbons (Fsp3) is 0.211. The molecule has 0 saturated heterocycles. The maximum Gasteiger partial charge on any atom is 0.100 e. The summed E-state index contributed by atoms with van der Waals surface area (Å²) in [4.78, 5) is 4.09. The second-order valence-electron chi connectivity index (χ2n) is 6.10. The Bertz CT molecular complexity index is 930. The van der Waals surface area contributed by atoms with Gasteiger partial charge in [-0.3, -0.25) is 9.67 Å². The minimum atomic E-state index is 0.539. The Balaban J connectivity index is 1.82. The van der Waals surface area contributed by atoms with Crippen LogP contribution in [-0.4, -0.2) is 32.2 Å². The van der Waals surface area contributed by atoms with Gasteiger partial charge in [-0.25, -0.2) is 0 Å². The first-order valence-corrected chi connectivity index (χ1v) is 8.32. The van der Waals surface area contributed by atoms with Gasteiger partial charge < -0.3 is 10.9 Å². The van der Waals surface area contributed by atoms with Crippen molar-refractivity contribution in [1.29, 1.82) is 0 Å². The van der Waals surface area contributed by atoms with Crippen molar-refractivity contribution in [2.45, 2.75) is 19.4 Å². The molecule has 25 heavy (non-hydrogen) atoms. The van der Waals surface area contributed by atoms with Crippen molar-refractivity contribution in [2.24, 2.45) is 10.9 Å². The van der Waals surface area contributed by atoms with Crippen LogP contribution >= 0.6 is 0 Å². The van der Waals surface area contributed by atoms with Crippen molar-refractivity contribution >= 4 is 5.71 Å². The smallest absolute Gasteiger partial charge is 0.100 e. The van der Waals surface area contributed by atoms with Gasteiger partial charge in [-0.15, -0.1) is 0 Å². The van der Waals surface area contributed by atoms with Gasteiger partial charge in [0.25, 0.3) is 0 Å². The van der Waals surface area contributed by atoms with E-state index in [9.17, 15) is 0 Å². The van der Waals surface area contributed by atoms with Crippen molar-refractivity contribution in [3.05, 3.63) is 60.0 Å². The summed E-state index contributed by atoms with van der Waals surface area (Å²) in [6, 6.07) is 10.2. The molecule has 1 aliphatic rings. The monoisotopic (exact) mass is 333 g/mol. The van der Waals surface area contributed by atoms with E-state index in [4.69, 9.17) is 16.0 Å². The van der Waals surface area contributed by atoms with Crippen molar-refractivity contribution in [1.82, 2.24) is 14.8 Å². The maximum absolute atomic E-state index is 9.11. The highest BCUT2D eigenvalue weighted by Gasteiger charge is 2.20. The van der Waals surface area contributed by atoms with E-state index in [0.29, 0.717) is 13.1 Å². The zero-order valence-corrected chi connectivity index (χ0v) is 13.8. The third-order valence-electron chi connectivity index (χ3n) is 4.55. The zero-order valence-electron chi connectivity index (χ0n) is 13.8. The average Bonchev–Trinajstić information content (AvgIpc) is 3.26. The van der Waals surface area contributed by atoms with Gasteiger partial charge in [0.2, 0.25) is 0 Å². The molecule has 0 unspecified atom stereocenters. The lowest BCUT2D eigenvalue weighted by Crippen LogP contribution is -2.10. The van der Waals surface area contributed by atoms with E-state index in [-0.39, 0.29) is 0 Å². The summed E-state index contributed by atoms with van der Waals surface area (Å²) in [5, 5.41) is 17.2. The highest BCUT2D eigenvalue weighted by molar-refractivity contribution is 6.04. The second kappa shape index (κ2) is 6.49. The number of aryl methyl sites for hydroxylation is 1. The van der Waals surface area contributed by atoms with Crippen LogP contribution in [0.1, 0.15) is 17.5 Å². The lowest BCUT2D eigenvalue weighted by Gasteiger charge is -2.05. The summed E-state index contributed by atoms with van der Waals surface area (Å²) in [5.41, 5.74) is 12.8. The molecule has 2 heterocycles. The van der Waals surface area contributed by atoms with Crippen LogP contribution in [-0.2, 0) is 13.0 Å². The quantitative estimate of drug-likeness (QED) is 0.567. The molecule has 0 atom stereocenters. The predicted molar refractivity (Wildman–Crippen MR) is 96.6 cm³/mol. The van der Waals surface area contributed by atoms with Gasteiger partial charge in [0.1, 0.15) is 5.69 Å². The van der Waals surface area contributed by atoms with Crippen LogP contribution in [0.2, 0.25) is 0 Å². The van der Waals surface area contributed by atoms with Crippen LogP contribution < -0.4 is 5.73 Å². The summed E-state index contributed by atoms with van der Waals surface area (Å²) < 4.78 is 1.89. The van der Waals surface area contributed by atoms with Crippen LogP contribution in [0.15, 0.2) is 54.1 Å².